The Morgan fingerprint density at radius 3 is 2.71 bits per heavy atom. The molecule has 2 N–H and O–H groups in total. The Kier molecular flexibility index (Phi) is 4.62. The van der Waals surface area contributed by atoms with E-state index in [1.165, 1.54) is 12.1 Å². The summed E-state index contributed by atoms with van der Waals surface area (Å²) in [6, 6.07) is 4.77. The third kappa shape index (κ3) is 4.78. The molecular formula is C12H15F3N2O3S. The van der Waals surface area contributed by atoms with E-state index in [9.17, 15) is 21.6 Å². The lowest BCUT2D eigenvalue weighted by atomic mass is 10.2. The quantitative estimate of drug-likeness (QED) is 0.890. The fourth-order valence-corrected chi connectivity index (χ4v) is 3.53. The number of rotatable bonds is 4. The predicted molar refractivity (Wildman–Crippen MR) is 71.6 cm³/mol. The van der Waals surface area contributed by atoms with Crippen molar-refractivity contribution in [2.75, 3.05) is 17.8 Å². The smallest absolute Gasteiger partial charge is 0.406 e. The van der Waals surface area contributed by atoms with Crippen LogP contribution in [0.15, 0.2) is 24.3 Å². The van der Waals surface area contributed by atoms with Crippen LogP contribution in [0.5, 0.6) is 5.75 Å². The van der Waals surface area contributed by atoms with Crippen LogP contribution in [0.2, 0.25) is 0 Å². The van der Waals surface area contributed by atoms with Gasteiger partial charge in [0.1, 0.15) is 5.75 Å². The molecule has 1 aromatic carbocycles. The van der Waals surface area contributed by atoms with E-state index in [0.29, 0.717) is 13.0 Å². The molecule has 1 fully saturated rings. The van der Waals surface area contributed by atoms with Gasteiger partial charge < -0.3 is 10.1 Å². The van der Waals surface area contributed by atoms with Gasteiger partial charge in [-0.05, 0) is 31.5 Å². The summed E-state index contributed by atoms with van der Waals surface area (Å²) in [6.07, 6.45) is -3.56. The number of anilines is 1. The van der Waals surface area contributed by atoms with E-state index in [1.807, 2.05) is 0 Å². The van der Waals surface area contributed by atoms with Crippen molar-refractivity contribution in [3.05, 3.63) is 24.3 Å². The minimum Gasteiger partial charge on any atom is -0.406 e. The van der Waals surface area contributed by atoms with Crippen molar-refractivity contribution < 1.29 is 26.3 Å². The number of sulfonamides is 1. The molecule has 0 spiro atoms. The summed E-state index contributed by atoms with van der Waals surface area (Å²) >= 11 is 0. The molecule has 1 heterocycles. The van der Waals surface area contributed by atoms with Gasteiger partial charge in [-0.15, -0.1) is 13.2 Å². The number of alkyl halides is 3. The molecule has 0 bridgehead atoms. The molecule has 1 unspecified atom stereocenters. The fraction of sp³-hybridized carbons (Fsp3) is 0.500. The average molecular weight is 324 g/mol. The Morgan fingerprint density at radius 2 is 2.10 bits per heavy atom. The fourth-order valence-electron chi connectivity index (χ4n) is 2.09. The summed E-state index contributed by atoms with van der Waals surface area (Å²) in [6.45, 7) is 1.09. The standard InChI is InChI=1S/C12H15F3N2O3S/c13-12(14,15)20-10-4-1-3-9(7-10)17-21(18,19)11-5-2-6-16-8-11/h1,3-4,7,11,16-17H,2,5-6,8H2. The summed E-state index contributed by atoms with van der Waals surface area (Å²) in [5, 5.41) is 2.38. The van der Waals surface area contributed by atoms with E-state index in [4.69, 9.17) is 0 Å². The number of ether oxygens (including phenoxy) is 1. The van der Waals surface area contributed by atoms with Gasteiger partial charge in [-0.25, -0.2) is 8.42 Å². The van der Waals surface area contributed by atoms with Gasteiger partial charge in [0.15, 0.2) is 0 Å². The number of piperidine rings is 1. The van der Waals surface area contributed by atoms with Crippen molar-refractivity contribution in [2.45, 2.75) is 24.5 Å². The Morgan fingerprint density at radius 1 is 1.33 bits per heavy atom. The van der Waals surface area contributed by atoms with Crippen LogP contribution in [-0.4, -0.2) is 33.1 Å². The van der Waals surface area contributed by atoms with E-state index in [0.717, 1.165) is 25.1 Å². The molecule has 0 aliphatic carbocycles. The minimum absolute atomic E-state index is 0.0438. The van der Waals surface area contributed by atoms with Crippen molar-refractivity contribution in [2.24, 2.45) is 0 Å². The zero-order valence-corrected chi connectivity index (χ0v) is 11.8. The maximum atomic E-state index is 12.1. The highest BCUT2D eigenvalue weighted by Crippen LogP contribution is 2.26. The molecule has 1 aliphatic rings. The van der Waals surface area contributed by atoms with Crippen LogP contribution in [0, 0.1) is 0 Å². The second-order valence-corrected chi connectivity index (χ2v) is 6.65. The van der Waals surface area contributed by atoms with Gasteiger partial charge in [0.05, 0.1) is 10.9 Å². The van der Waals surface area contributed by atoms with Crippen LogP contribution < -0.4 is 14.8 Å². The first-order valence-corrected chi connectivity index (χ1v) is 7.89. The topological polar surface area (TPSA) is 67.4 Å². The maximum Gasteiger partial charge on any atom is 0.573 e. The molecule has 0 aromatic heterocycles. The number of halogens is 3. The molecule has 0 saturated carbocycles. The highest BCUT2D eigenvalue weighted by atomic mass is 32.2. The largest absolute Gasteiger partial charge is 0.573 e. The molecule has 9 heteroatoms. The van der Waals surface area contributed by atoms with Gasteiger partial charge in [-0.1, -0.05) is 6.07 Å². The van der Waals surface area contributed by atoms with Gasteiger partial charge in [0.2, 0.25) is 10.0 Å². The number of nitrogens with one attached hydrogen (secondary N) is 2. The Labute approximate surface area is 120 Å². The lowest BCUT2D eigenvalue weighted by Crippen LogP contribution is -2.41. The zero-order valence-electron chi connectivity index (χ0n) is 11.0. The highest BCUT2D eigenvalue weighted by molar-refractivity contribution is 7.93. The van der Waals surface area contributed by atoms with Crippen LogP contribution in [-0.2, 0) is 10.0 Å². The van der Waals surface area contributed by atoms with Gasteiger partial charge in [-0.2, -0.15) is 0 Å². The van der Waals surface area contributed by atoms with Crippen molar-refractivity contribution in [3.8, 4) is 5.75 Å². The van der Waals surface area contributed by atoms with E-state index in [2.05, 4.69) is 14.8 Å². The summed E-state index contributed by atoms with van der Waals surface area (Å²) in [7, 11) is -3.65. The molecule has 118 valence electrons. The van der Waals surface area contributed by atoms with Crippen LogP contribution in [0.4, 0.5) is 18.9 Å². The molecule has 5 nitrogen and oxygen atoms in total. The van der Waals surface area contributed by atoms with Gasteiger partial charge in [0, 0.05) is 12.6 Å². The van der Waals surface area contributed by atoms with Crippen LogP contribution in [0.1, 0.15) is 12.8 Å². The van der Waals surface area contributed by atoms with Crippen LogP contribution >= 0.6 is 0 Å². The lowest BCUT2D eigenvalue weighted by Gasteiger charge is -2.23. The van der Waals surface area contributed by atoms with Gasteiger partial charge in [-0.3, -0.25) is 4.72 Å². The molecule has 2 rings (SSSR count). The molecule has 1 aromatic rings. The van der Waals surface area contributed by atoms with E-state index in [-0.39, 0.29) is 5.69 Å². The second-order valence-electron chi connectivity index (χ2n) is 4.69. The van der Waals surface area contributed by atoms with E-state index >= 15 is 0 Å². The summed E-state index contributed by atoms with van der Waals surface area (Å²) in [4.78, 5) is 0. The van der Waals surface area contributed by atoms with Gasteiger partial charge >= 0.3 is 6.36 Å². The SMILES string of the molecule is O=S(=O)(Nc1cccc(OC(F)(F)F)c1)C1CCCNC1. The molecule has 1 saturated heterocycles. The summed E-state index contributed by atoms with van der Waals surface area (Å²) in [5.41, 5.74) is 0.0438. The highest BCUT2D eigenvalue weighted by Gasteiger charge is 2.31. The summed E-state index contributed by atoms with van der Waals surface area (Å²) in [5.74, 6) is -0.468. The van der Waals surface area contributed by atoms with E-state index in [1.54, 1.807) is 0 Å². The third-order valence-corrected chi connectivity index (χ3v) is 4.82. The Bertz CT molecular complexity index is 584. The van der Waals surface area contributed by atoms with Crippen LogP contribution in [0.3, 0.4) is 0 Å². The molecule has 1 aliphatic heterocycles. The average Bonchev–Trinajstić information content (AvgIpc) is 2.37. The zero-order chi connectivity index (χ0) is 15.5. The Hall–Kier alpha value is -1.48. The molecule has 1 atom stereocenters. The van der Waals surface area contributed by atoms with E-state index < -0.39 is 27.4 Å². The molecule has 0 radical (unpaired) electrons. The lowest BCUT2D eigenvalue weighted by molar-refractivity contribution is -0.274. The number of hydrogen-bond donors (Lipinski definition) is 2. The maximum absolute atomic E-state index is 12.1. The normalized spacial score (nSPS) is 20.0. The van der Waals surface area contributed by atoms with Crippen LogP contribution in [0.25, 0.3) is 0 Å². The first-order chi connectivity index (χ1) is 9.76. The first kappa shape index (κ1) is 15.9. The minimum atomic E-state index is -4.81. The Balaban J connectivity index is 2.10. The predicted octanol–water partition coefficient (Wildman–Crippen LogP) is 2.08. The monoisotopic (exact) mass is 324 g/mol. The van der Waals surface area contributed by atoms with Crippen molar-refractivity contribution >= 4 is 15.7 Å². The third-order valence-electron chi connectivity index (χ3n) is 3.02. The van der Waals surface area contributed by atoms with Crippen molar-refractivity contribution in [3.63, 3.8) is 0 Å². The number of hydrogen-bond acceptors (Lipinski definition) is 4. The first-order valence-electron chi connectivity index (χ1n) is 6.34. The van der Waals surface area contributed by atoms with Crippen molar-refractivity contribution in [1.29, 1.82) is 0 Å². The van der Waals surface area contributed by atoms with Crippen molar-refractivity contribution in [1.82, 2.24) is 5.32 Å². The summed E-state index contributed by atoms with van der Waals surface area (Å²) < 4.78 is 66.7. The second kappa shape index (κ2) is 6.10. The van der Waals surface area contributed by atoms with Gasteiger partial charge in [0.25, 0.3) is 0 Å². The number of benzene rings is 1. The molecule has 0 amide bonds. The molecule has 21 heavy (non-hydrogen) atoms. The molecular weight excluding hydrogens is 309 g/mol.